The minimum atomic E-state index is -0.226. The molecule has 2 aromatic rings. The van der Waals surface area contributed by atoms with Gasteiger partial charge in [0.1, 0.15) is 11.6 Å². The number of nitrogens with one attached hydrogen (secondary N) is 1. The smallest absolute Gasteiger partial charge is 0.256 e. The number of amides is 1. The lowest BCUT2D eigenvalue weighted by molar-refractivity contribution is 0.102. The van der Waals surface area contributed by atoms with Gasteiger partial charge in [-0.05, 0) is 50.2 Å². The summed E-state index contributed by atoms with van der Waals surface area (Å²) in [5.41, 5.74) is 0.540. The number of hydrogen-bond donors (Lipinski definition) is 1. The van der Waals surface area contributed by atoms with Gasteiger partial charge in [0.25, 0.3) is 5.91 Å². The van der Waals surface area contributed by atoms with Gasteiger partial charge in [-0.2, -0.15) is 0 Å². The summed E-state index contributed by atoms with van der Waals surface area (Å²) < 4.78 is 5.52. The molecule has 0 aliphatic carbocycles. The zero-order valence-electron chi connectivity index (χ0n) is 11.3. The number of aromatic nitrogens is 1. The highest BCUT2D eigenvalue weighted by atomic mass is 35.5. The van der Waals surface area contributed by atoms with E-state index in [1.54, 1.807) is 36.4 Å². The van der Waals surface area contributed by atoms with Gasteiger partial charge >= 0.3 is 0 Å². The molecule has 104 valence electrons. The van der Waals surface area contributed by atoms with Crippen molar-refractivity contribution in [2.24, 2.45) is 0 Å². The predicted molar refractivity (Wildman–Crippen MR) is 79.4 cm³/mol. The van der Waals surface area contributed by atoms with Crippen molar-refractivity contribution in [3.8, 4) is 5.75 Å². The van der Waals surface area contributed by atoms with Crippen LogP contribution in [0.2, 0.25) is 5.02 Å². The zero-order chi connectivity index (χ0) is 14.5. The monoisotopic (exact) mass is 290 g/mol. The number of ether oxygens (including phenoxy) is 1. The van der Waals surface area contributed by atoms with Crippen molar-refractivity contribution in [3.63, 3.8) is 0 Å². The number of rotatable bonds is 4. The van der Waals surface area contributed by atoms with Crippen LogP contribution in [-0.2, 0) is 0 Å². The molecular weight excluding hydrogens is 276 g/mol. The second kappa shape index (κ2) is 6.39. The molecule has 1 N–H and O–H groups in total. The van der Waals surface area contributed by atoms with Crippen LogP contribution in [-0.4, -0.2) is 17.0 Å². The van der Waals surface area contributed by atoms with Gasteiger partial charge < -0.3 is 10.1 Å². The molecule has 0 saturated heterocycles. The zero-order valence-corrected chi connectivity index (χ0v) is 12.0. The maximum atomic E-state index is 12.0. The summed E-state index contributed by atoms with van der Waals surface area (Å²) in [5.74, 6) is 0.971. The van der Waals surface area contributed by atoms with E-state index in [0.717, 1.165) is 5.75 Å². The number of hydrogen-bond acceptors (Lipinski definition) is 3. The number of pyridine rings is 1. The number of carbonyl (C=O) groups excluding carboxylic acids is 1. The van der Waals surface area contributed by atoms with E-state index in [1.165, 1.54) is 6.20 Å². The Morgan fingerprint density at radius 1 is 1.20 bits per heavy atom. The van der Waals surface area contributed by atoms with Crippen molar-refractivity contribution < 1.29 is 9.53 Å². The van der Waals surface area contributed by atoms with E-state index in [-0.39, 0.29) is 12.0 Å². The van der Waals surface area contributed by atoms with Gasteiger partial charge in [-0.25, -0.2) is 4.98 Å². The van der Waals surface area contributed by atoms with Crippen LogP contribution in [0.5, 0.6) is 5.75 Å². The van der Waals surface area contributed by atoms with Crippen molar-refractivity contribution in [2.45, 2.75) is 20.0 Å². The number of nitrogens with zero attached hydrogens (tertiary/aromatic N) is 1. The third kappa shape index (κ3) is 3.96. The van der Waals surface area contributed by atoms with E-state index < -0.39 is 0 Å². The minimum absolute atomic E-state index is 0.105. The first-order valence-electron chi connectivity index (χ1n) is 6.24. The van der Waals surface area contributed by atoms with Crippen LogP contribution in [0.15, 0.2) is 42.6 Å². The Morgan fingerprint density at radius 2 is 1.90 bits per heavy atom. The van der Waals surface area contributed by atoms with E-state index in [2.05, 4.69) is 10.3 Å². The van der Waals surface area contributed by atoms with Crippen LogP contribution in [0.1, 0.15) is 24.2 Å². The Bertz CT molecular complexity index is 580. The maximum absolute atomic E-state index is 12.0. The van der Waals surface area contributed by atoms with Gasteiger partial charge in [0, 0.05) is 11.8 Å². The number of benzene rings is 1. The molecular formula is C15H15ClN2O2. The van der Waals surface area contributed by atoms with E-state index in [9.17, 15) is 4.79 Å². The molecule has 0 bridgehead atoms. The van der Waals surface area contributed by atoms with Gasteiger partial charge in [0.15, 0.2) is 0 Å². The average molecular weight is 291 g/mol. The highest BCUT2D eigenvalue weighted by Gasteiger charge is 2.07. The number of anilines is 1. The van der Waals surface area contributed by atoms with E-state index in [1.807, 2.05) is 13.8 Å². The van der Waals surface area contributed by atoms with Crippen molar-refractivity contribution >= 4 is 23.3 Å². The topological polar surface area (TPSA) is 51.2 Å². The van der Waals surface area contributed by atoms with Gasteiger partial charge in [0.05, 0.1) is 11.1 Å². The Hall–Kier alpha value is -2.07. The fourth-order valence-corrected chi connectivity index (χ4v) is 1.71. The largest absolute Gasteiger partial charge is 0.491 e. The number of halogens is 1. The summed E-state index contributed by atoms with van der Waals surface area (Å²) in [5, 5.41) is 3.22. The van der Waals surface area contributed by atoms with E-state index in [4.69, 9.17) is 16.3 Å². The molecule has 1 heterocycles. The Morgan fingerprint density at radius 3 is 2.45 bits per heavy atom. The molecule has 1 aromatic carbocycles. The summed E-state index contributed by atoms with van der Waals surface area (Å²) in [6.45, 7) is 3.90. The third-order valence-electron chi connectivity index (χ3n) is 2.46. The molecule has 1 amide bonds. The molecule has 0 saturated carbocycles. The lowest BCUT2D eigenvalue weighted by Crippen LogP contribution is -2.13. The van der Waals surface area contributed by atoms with Gasteiger partial charge in [-0.1, -0.05) is 11.6 Å². The summed E-state index contributed by atoms with van der Waals surface area (Å²) in [4.78, 5) is 16.0. The standard InChI is InChI=1S/C15H15ClN2O2/c1-10(2)20-13-6-3-11(4-7-13)15(19)18-14-8-5-12(16)9-17-14/h3-10H,1-2H3,(H,17,18,19). The van der Waals surface area contributed by atoms with Crippen molar-refractivity contribution in [3.05, 3.63) is 53.2 Å². The van der Waals surface area contributed by atoms with E-state index in [0.29, 0.717) is 16.4 Å². The summed E-state index contributed by atoms with van der Waals surface area (Å²) in [6, 6.07) is 10.3. The van der Waals surface area contributed by atoms with Crippen LogP contribution in [0.25, 0.3) is 0 Å². The lowest BCUT2D eigenvalue weighted by Gasteiger charge is -2.10. The van der Waals surface area contributed by atoms with Gasteiger partial charge in [-0.3, -0.25) is 4.79 Å². The second-order valence-corrected chi connectivity index (χ2v) is 4.94. The molecule has 0 fully saturated rings. The molecule has 5 heteroatoms. The molecule has 4 nitrogen and oxygen atoms in total. The molecule has 20 heavy (non-hydrogen) atoms. The minimum Gasteiger partial charge on any atom is -0.491 e. The van der Waals surface area contributed by atoms with Gasteiger partial charge in [0.2, 0.25) is 0 Å². The van der Waals surface area contributed by atoms with E-state index >= 15 is 0 Å². The normalized spacial score (nSPS) is 10.4. The molecule has 0 aliphatic rings. The Labute approximate surface area is 122 Å². The first-order chi connectivity index (χ1) is 9.54. The van der Waals surface area contributed by atoms with Crippen molar-refractivity contribution in [1.82, 2.24) is 4.98 Å². The van der Waals surface area contributed by atoms with Crippen LogP contribution >= 0.6 is 11.6 Å². The Kier molecular flexibility index (Phi) is 4.58. The Balaban J connectivity index is 2.03. The molecule has 0 spiro atoms. The van der Waals surface area contributed by atoms with Gasteiger partial charge in [-0.15, -0.1) is 0 Å². The second-order valence-electron chi connectivity index (χ2n) is 4.51. The lowest BCUT2D eigenvalue weighted by atomic mass is 10.2. The van der Waals surface area contributed by atoms with Crippen LogP contribution < -0.4 is 10.1 Å². The van der Waals surface area contributed by atoms with Crippen molar-refractivity contribution in [1.29, 1.82) is 0 Å². The van der Waals surface area contributed by atoms with Crippen molar-refractivity contribution in [2.75, 3.05) is 5.32 Å². The molecule has 0 unspecified atom stereocenters. The third-order valence-corrected chi connectivity index (χ3v) is 2.68. The first kappa shape index (κ1) is 14.3. The molecule has 2 rings (SSSR count). The summed E-state index contributed by atoms with van der Waals surface area (Å²) in [7, 11) is 0. The molecule has 1 aromatic heterocycles. The summed E-state index contributed by atoms with van der Waals surface area (Å²) in [6.07, 6.45) is 1.59. The summed E-state index contributed by atoms with van der Waals surface area (Å²) >= 11 is 5.73. The predicted octanol–water partition coefficient (Wildman–Crippen LogP) is 3.77. The number of carbonyl (C=O) groups is 1. The maximum Gasteiger partial charge on any atom is 0.256 e. The highest BCUT2D eigenvalue weighted by Crippen LogP contribution is 2.15. The SMILES string of the molecule is CC(C)Oc1ccc(C(=O)Nc2ccc(Cl)cn2)cc1. The fraction of sp³-hybridized carbons (Fsp3) is 0.200. The van der Waals surface area contributed by atoms with Crippen LogP contribution in [0, 0.1) is 0 Å². The molecule has 0 atom stereocenters. The fourth-order valence-electron chi connectivity index (χ4n) is 1.60. The first-order valence-corrected chi connectivity index (χ1v) is 6.62. The highest BCUT2D eigenvalue weighted by molar-refractivity contribution is 6.30. The molecule has 0 radical (unpaired) electrons. The quantitative estimate of drug-likeness (QED) is 0.932. The average Bonchev–Trinajstić information content (AvgIpc) is 2.41. The van der Waals surface area contributed by atoms with Crippen LogP contribution in [0.4, 0.5) is 5.82 Å². The van der Waals surface area contributed by atoms with Crippen LogP contribution in [0.3, 0.4) is 0 Å². The molecule has 0 aliphatic heterocycles.